The van der Waals surface area contributed by atoms with Crippen molar-refractivity contribution in [2.45, 2.75) is 55.4 Å². The fourth-order valence-corrected chi connectivity index (χ4v) is 6.82. The Morgan fingerprint density at radius 2 is 0.600 bits per heavy atom. The first-order chi connectivity index (χ1) is 21.6. The molecule has 224 valence electrons. The first kappa shape index (κ1) is 30.2. The van der Waals surface area contributed by atoms with Gasteiger partial charge in [-0.15, -0.1) is 0 Å². The molecule has 0 saturated heterocycles. The molecule has 0 aliphatic heterocycles. The number of hydrogen-bond donors (Lipinski definition) is 0. The number of aryl methyl sites for hydroxylation is 8. The Morgan fingerprint density at radius 3 is 0.933 bits per heavy atom. The lowest BCUT2D eigenvalue weighted by Gasteiger charge is -2.28. The second kappa shape index (κ2) is 12.3. The van der Waals surface area contributed by atoms with E-state index in [4.69, 9.17) is 0 Å². The van der Waals surface area contributed by atoms with Crippen LogP contribution in [0.4, 0.5) is 17.1 Å². The predicted molar refractivity (Wildman–Crippen MR) is 195 cm³/mol. The molecule has 6 aromatic carbocycles. The van der Waals surface area contributed by atoms with Crippen molar-refractivity contribution in [2.75, 3.05) is 4.90 Å². The van der Waals surface area contributed by atoms with Gasteiger partial charge in [0.05, 0.1) is 0 Å². The molecule has 0 saturated carbocycles. The summed E-state index contributed by atoms with van der Waals surface area (Å²) in [5.41, 5.74) is 21.5. The third-order valence-electron chi connectivity index (χ3n) is 9.18. The molecule has 0 spiro atoms. The third-order valence-corrected chi connectivity index (χ3v) is 9.18. The van der Waals surface area contributed by atoms with Crippen LogP contribution in [0.15, 0.2) is 115 Å². The second-order valence-electron chi connectivity index (χ2n) is 12.8. The van der Waals surface area contributed by atoms with Crippen LogP contribution in [0, 0.1) is 55.4 Å². The SMILES string of the molecule is Cc1ccc(-c2ccc(N(c3ccc(-c4ccccc4C)c(C)c3)c3ccc(-c4ccc(C)cc4C)c(C)c3)cc2C)c(C)c1. The van der Waals surface area contributed by atoms with Gasteiger partial charge in [0.2, 0.25) is 0 Å². The summed E-state index contributed by atoms with van der Waals surface area (Å²) in [5.74, 6) is 0. The second-order valence-corrected chi connectivity index (χ2v) is 12.8. The molecule has 0 aromatic heterocycles. The summed E-state index contributed by atoms with van der Waals surface area (Å²) in [7, 11) is 0. The molecular formula is C44H43N. The molecule has 0 N–H and O–H groups in total. The van der Waals surface area contributed by atoms with Crippen LogP contribution in [-0.4, -0.2) is 0 Å². The highest BCUT2D eigenvalue weighted by molar-refractivity contribution is 5.84. The minimum atomic E-state index is 1.15. The van der Waals surface area contributed by atoms with Gasteiger partial charge in [0.1, 0.15) is 0 Å². The van der Waals surface area contributed by atoms with E-state index in [2.05, 4.69) is 176 Å². The molecule has 0 heterocycles. The first-order valence-corrected chi connectivity index (χ1v) is 15.9. The predicted octanol–water partition coefficient (Wildman–Crippen LogP) is 12.6. The molecule has 0 atom stereocenters. The van der Waals surface area contributed by atoms with Gasteiger partial charge in [-0.1, -0.05) is 90.0 Å². The molecule has 0 unspecified atom stereocenters. The first-order valence-electron chi connectivity index (χ1n) is 15.9. The zero-order valence-corrected chi connectivity index (χ0v) is 27.9. The zero-order chi connectivity index (χ0) is 31.8. The van der Waals surface area contributed by atoms with Crippen molar-refractivity contribution in [1.82, 2.24) is 0 Å². The number of nitrogens with zero attached hydrogens (tertiary/aromatic N) is 1. The van der Waals surface area contributed by atoms with Gasteiger partial charge in [-0.05, 0) is 159 Å². The minimum Gasteiger partial charge on any atom is -0.310 e. The summed E-state index contributed by atoms with van der Waals surface area (Å²) in [6, 6.07) is 42.8. The number of anilines is 3. The van der Waals surface area contributed by atoms with E-state index < -0.39 is 0 Å². The molecule has 1 heteroatoms. The Morgan fingerprint density at radius 1 is 0.289 bits per heavy atom. The van der Waals surface area contributed by atoms with Crippen molar-refractivity contribution in [3.8, 4) is 33.4 Å². The summed E-state index contributed by atoms with van der Waals surface area (Å²) >= 11 is 0. The Balaban J connectivity index is 1.49. The van der Waals surface area contributed by atoms with Crippen LogP contribution in [0.3, 0.4) is 0 Å². The van der Waals surface area contributed by atoms with Crippen LogP contribution in [0.5, 0.6) is 0 Å². The number of benzene rings is 6. The summed E-state index contributed by atoms with van der Waals surface area (Å²) in [6.07, 6.45) is 0. The number of hydrogen-bond acceptors (Lipinski definition) is 1. The lowest BCUT2D eigenvalue weighted by Crippen LogP contribution is -2.11. The van der Waals surface area contributed by atoms with Crippen molar-refractivity contribution in [3.05, 3.63) is 160 Å². The maximum absolute atomic E-state index is 2.41. The standard InChI is InChI=1S/C44H43N/c1-28-13-18-40(31(4)23-28)43-21-16-37(26-34(43)7)45(36-15-20-42(33(6)25-36)39-12-10-9-11-30(39)3)38-17-22-44(35(8)27-38)41-19-14-29(2)24-32(41)5/h9-27H,1-8H3. The summed E-state index contributed by atoms with van der Waals surface area (Å²) in [5, 5.41) is 0. The van der Waals surface area contributed by atoms with E-state index >= 15 is 0 Å². The maximum Gasteiger partial charge on any atom is 0.0464 e. The quantitative estimate of drug-likeness (QED) is 0.188. The van der Waals surface area contributed by atoms with E-state index in [1.165, 1.54) is 77.9 Å². The van der Waals surface area contributed by atoms with Gasteiger partial charge in [0.15, 0.2) is 0 Å². The van der Waals surface area contributed by atoms with Crippen molar-refractivity contribution in [3.63, 3.8) is 0 Å². The molecule has 0 fully saturated rings. The van der Waals surface area contributed by atoms with E-state index in [9.17, 15) is 0 Å². The Hall–Kier alpha value is -4.88. The minimum absolute atomic E-state index is 1.15. The normalized spacial score (nSPS) is 11.1. The fraction of sp³-hybridized carbons (Fsp3) is 0.182. The van der Waals surface area contributed by atoms with Crippen LogP contribution in [0.2, 0.25) is 0 Å². The molecule has 0 radical (unpaired) electrons. The van der Waals surface area contributed by atoms with E-state index in [0.717, 1.165) is 17.1 Å². The summed E-state index contributed by atoms with van der Waals surface area (Å²) < 4.78 is 0. The van der Waals surface area contributed by atoms with Gasteiger partial charge in [0, 0.05) is 17.1 Å². The third kappa shape index (κ3) is 5.96. The summed E-state index contributed by atoms with van der Waals surface area (Å²) in [4.78, 5) is 2.41. The molecule has 1 nitrogen and oxygen atoms in total. The highest BCUT2D eigenvalue weighted by atomic mass is 15.1. The zero-order valence-electron chi connectivity index (χ0n) is 27.9. The lowest BCUT2D eigenvalue weighted by atomic mass is 9.93. The van der Waals surface area contributed by atoms with Crippen LogP contribution in [0.1, 0.15) is 44.5 Å². The average Bonchev–Trinajstić information content (AvgIpc) is 2.99. The van der Waals surface area contributed by atoms with Crippen molar-refractivity contribution < 1.29 is 0 Å². The molecule has 45 heavy (non-hydrogen) atoms. The molecule has 0 amide bonds. The lowest BCUT2D eigenvalue weighted by molar-refractivity contribution is 1.25. The average molecular weight is 586 g/mol. The van der Waals surface area contributed by atoms with E-state index in [-0.39, 0.29) is 0 Å². The maximum atomic E-state index is 2.41. The van der Waals surface area contributed by atoms with Gasteiger partial charge in [-0.2, -0.15) is 0 Å². The van der Waals surface area contributed by atoms with E-state index in [1.54, 1.807) is 0 Å². The highest BCUT2D eigenvalue weighted by Crippen LogP contribution is 2.41. The van der Waals surface area contributed by atoms with Crippen LogP contribution >= 0.6 is 0 Å². The van der Waals surface area contributed by atoms with Gasteiger partial charge < -0.3 is 4.90 Å². The molecule has 0 aliphatic rings. The molecule has 6 aromatic rings. The topological polar surface area (TPSA) is 3.24 Å². The fourth-order valence-electron chi connectivity index (χ4n) is 6.82. The van der Waals surface area contributed by atoms with Crippen LogP contribution < -0.4 is 4.90 Å². The largest absolute Gasteiger partial charge is 0.310 e. The van der Waals surface area contributed by atoms with Gasteiger partial charge in [-0.3, -0.25) is 0 Å². The Bertz CT molecular complexity index is 1940. The van der Waals surface area contributed by atoms with Crippen molar-refractivity contribution >= 4 is 17.1 Å². The smallest absolute Gasteiger partial charge is 0.0464 e. The Kier molecular flexibility index (Phi) is 8.21. The van der Waals surface area contributed by atoms with Gasteiger partial charge >= 0.3 is 0 Å². The number of rotatable bonds is 6. The molecular weight excluding hydrogens is 542 g/mol. The van der Waals surface area contributed by atoms with Crippen LogP contribution in [-0.2, 0) is 0 Å². The van der Waals surface area contributed by atoms with Crippen molar-refractivity contribution in [2.24, 2.45) is 0 Å². The monoisotopic (exact) mass is 585 g/mol. The molecule has 6 rings (SSSR count). The van der Waals surface area contributed by atoms with E-state index in [1.807, 2.05) is 0 Å². The van der Waals surface area contributed by atoms with Gasteiger partial charge in [0.25, 0.3) is 0 Å². The van der Waals surface area contributed by atoms with E-state index in [0.29, 0.717) is 0 Å². The summed E-state index contributed by atoms with van der Waals surface area (Å²) in [6.45, 7) is 17.6. The van der Waals surface area contributed by atoms with Crippen molar-refractivity contribution in [1.29, 1.82) is 0 Å². The highest BCUT2D eigenvalue weighted by Gasteiger charge is 2.18. The van der Waals surface area contributed by atoms with Crippen LogP contribution in [0.25, 0.3) is 33.4 Å². The molecule has 0 aliphatic carbocycles. The Labute approximate surface area is 269 Å². The van der Waals surface area contributed by atoms with Gasteiger partial charge in [-0.25, -0.2) is 0 Å². The molecule has 0 bridgehead atoms.